The average molecular weight is 353 g/mol. The zero-order valence-corrected chi connectivity index (χ0v) is 15.1. The maximum absolute atomic E-state index is 12.7. The molecular formula is C19H23N5O2. The first-order valence-electron chi connectivity index (χ1n) is 8.87. The molecule has 1 fully saturated rings. The van der Waals surface area contributed by atoms with Crippen LogP contribution in [0.15, 0.2) is 35.3 Å². The Morgan fingerprint density at radius 1 is 1.23 bits per heavy atom. The number of nitrogens with zero attached hydrogens (tertiary/aromatic N) is 5. The topological polar surface area (TPSA) is 82.2 Å². The third-order valence-electron chi connectivity index (χ3n) is 4.87. The Hall–Kier alpha value is -2.72. The van der Waals surface area contributed by atoms with E-state index in [1.54, 1.807) is 11.0 Å². The summed E-state index contributed by atoms with van der Waals surface area (Å²) >= 11 is 0. The lowest BCUT2D eigenvalue weighted by molar-refractivity contribution is -0.133. The Bertz CT molecular complexity index is 891. The fraction of sp³-hybridized carbons (Fsp3) is 0.474. The largest absolute Gasteiger partial charge is 0.339 e. The van der Waals surface area contributed by atoms with E-state index in [9.17, 15) is 14.9 Å². The Morgan fingerprint density at radius 3 is 2.58 bits per heavy atom. The molecule has 1 aromatic heterocycles. The number of hydrogen-bond donors (Lipinski definition) is 0. The number of rotatable bonds is 4. The molecule has 1 atom stereocenters. The van der Waals surface area contributed by atoms with Gasteiger partial charge in [-0.3, -0.25) is 19.1 Å². The van der Waals surface area contributed by atoms with E-state index in [4.69, 9.17) is 0 Å². The Balaban J connectivity index is 1.70. The lowest BCUT2D eigenvalue weighted by Crippen LogP contribution is -2.53. The van der Waals surface area contributed by atoms with Crippen molar-refractivity contribution in [3.8, 4) is 6.07 Å². The van der Waals surface area contributed by atoms with Gasteiger partial charge in [0.25, 0.3) is 5.56 Å². The van der Waals surface area contributed by atoms with Crippen LogP contribution in [0, 0.1) is 17.2 Å². The molecule has 0 aliphatic carbocycles. The average Bonchev–Trinajstić information content (AvgIpc) is 2.65. The van der Waals surface area contributed by atoms with Crippen LogP contribution < -0.4 is 5.56 Å². The fourth-order valence-electron chi connectivity index (χ4n) is 3.41. The molecule has 1 unspecified atom stereocenters. The molecule has 0 radical (unpaired) electrons. The van der Waals surface area contributed by atoms with Gasteiger partial charge in [-0.2, -0.15) is 5.26 Å². The summed E-state index contributed by atoms with van der Waals surface area (Å²) in [5.74, 6) is 0.171. The van der Waals surface area contributed by atoms with Crippen LogP contribution in [0.5, 0.6) is 0 Å². The van der Waals surface area contributed by atoms with Gasteiger partial charge in [-0.25, -0.2) is 4.98 Å². The smallest absolute Gasteiger partial charge is 0.269 e. The molecule has 1 saturated heterocycles. The van der Waals surface area contributed by atoms with Crippen molar-refractivity contribution in [2.45, 2.75) is 26.4 Å². The fourth-order valence-corrected chi connectivity index (χ4v) is 3.41. The van der Waals surface area contributed by atoms with E-state index in [1.807, 2.05) is 32.0 Å². The van der Waals surface area contributed by atoms with Crippen LogP contribution in [-0.2, 0) is 11.3 Å². The van der Waals surface area contributed by atoms with Crippen molar-refractivity contribution < 1.29 is 4.79 Å². The molecule has 1 aromatic carbocycles. The Kier molecular flexibility index (Phi) is 5.33. The minimum atomic E-state index is -0.278. The highest BCUT2D eigenvalue weighted by Gasteiger charge is 2.27. The first-order chi connectivity index (χ1) is 12.5. The second-order valence-electron chi connectivity index (χ2n) is 6.91. The molecule has 0 N–H and O–H groups in total. The zero-order chi connectivity index (χ0) is 18.7. The van der Waals surface area contributed by atoms with Gasteiger partial charge in [-0.05, 0) is 18.1 Å². The molecule has 1 aliphatic rings. The maximum Gasteiger partial charge on any atom is 0.269 e. The summed E-state index contributed by atoms with van der Waals surface area (Å²) in [6.07, 6.45) is 1.26. The number of para-hydroxylation sites is 2. The van der Waals surface area contributed by atoms with Gasteiger partial charge in [0, 0.05) is 26.2 Å². The van der Waals surface area contributed by atoms with Gasteiger partial charge in [0.2, 0.25) is 5.91 Å². The number of nitriles is 1. The lowest BCUT2D eigenvalue weighted by Gasteiger charge is -2.38. The van der Waals surface area contributed by atoms with Crippen LogP contribution in [0.3, 0.4) is 0 Å². The van der Waals surface area contributed by atoms with Crippen molar-refractivity contribution in [3.05, 3.63) is 40.8 Å². The number of piperazine rings is 1. The molecule has 0 bridgehead atoms. The van der Waals surface area contributed by atoms with E-state index >= 15 is 0 Å². The van der Waals surface area contributed by atoms with Crippen molar-refractivity contribution in [1.82, 2.24) is 19.4 Å². The number of amides is 1. The molecule has 136 valence electrons. The first kappa shape index (κ1) is 18.1. The molecule has 2 heterocycles. The van der Waals surface area contributed by atoms with Gasteiger partial charge in [0.15, 0.2) is 0 Å². The second kappa shape index (κ2) is 7.67. The summed E-state index contributed by atoms with van der Waals surface area (Å²) in [7, 11) is 0. The highest BCUT2D eigenvalue weighted by atomic mass is 16.2. The van der Waals surface area contributed by atoms with E-state index in [0.717, 1.165) is 0 Å². The van der Waals surface area contributed by atoms with Gasteiger partial charge in [0.05, 0.1) is 23.3 Å². The number of fused-ring (bicyclic) bond motifs is 1. The van der Waals surface area contributed by atoms with E-state index < -0.39 is 0 Å². The summed E-state index contributed by atoms with van der Waals surface area (Å²) in [6, 6.07) is 9.53. The number of benzene rings is 1. The van der Waals surface area contributed by atoms with Crippen molar-refractivity contribution >= 4 is 16.9 Å². The molecule has 7 heteroatoms. The summed E-state index contributed by atoms with van der Waals surface area (Å²) in [5.41, 5.74) is 1.08. The van der Waals surface area contributed by atoms with Crippen LogP contribution in [0.4, 0.5) is 0 Å². The summed E-state index contributed by atoms with van der Waals surface area (Å²) in [6.45, 7) is 6.57. The minimum Gasteiger partial charge on any atom is -0.339 e. The quantitative estimate of drug-likeness (QED) is 0.822. The van der Waals surface area contributed by atoms with Crippen molar-refractivity contribution in [2.24, 2.45) is 5.92 Å². The minimum absolute atomic E-state index is 0.00766. The molecule has 1 aliphatic heterocycles. The number of carbonyl (C=O) groups excluding carboxylic acids is 1. The third kappa shape index (κ3) is 3.60. The van der Waals surface area contributed by atoms with Gasteiger partial charge in [-0.1, -0.05) is 26.0 Å². The highest BCUT2D eigenvalue weighted by Crippen LogP contribution is 2.14. The predicted octanol–water partition coefficient (Wildman–Crippen LogP) is 1.09. The monoisotopic (exact) mass is 353 g/mol. The summed E-state index contributed by atoms with van der Waals surface area (Å²) < 4.78 is 1.48. The van der Waals surface area contributed by atoms with E-state index in [2.05, 4.69) is 16.0 Å². The van der Waals surface area contributed by atoms with Crippen LogP contribution in [-0.4, -0.2) is 57.5 Å². The normalized spacial score (nSPS) is 16.6. The molecule has 1 amide bonds. The van der Waals surface area contributed by atoms with Crippen LogP contribution >= 0.6 is 0 Å². The molecule has 26 heavy (non-hydrogen) atoms. The van der Waals surface area contributed by atoms with Crippen LogP contribution in [0.25, 0.3) is 11.0 Å². The highest BCUT2D eigenvalue weighted by molar-refractivity contribution is 5.80. The lowest BCUT2D eigenvalue weighted by atomic mass is 10.0. The second-order valence-corrected chi connectivity index (χ2v) is 6.91. The Morgan fingerprint density at radius 2 is 1.92 bits per heavy atom. The van der Waals surface area contributed by atoms with Gasteiger partial charge in [-0.15, -0.1) is 0 Å². The molecule has 7 nitrogen and oxygen atoms in total. The predicted molar refractivity (Wildman–Crippen MR) is 98.4 cm³/mol. The molecule has 0 saturated carbocycles. The maximum atomic E-state index is 12.7. The van der Waals surface area contributed by atoms with Crippen molar-refractivity contribution in [1.29, 1.82) is 5.26 Å². The molecular weight excluding hydrogens is 330 g/mol. The summed E-state index contributed by atoms with van der Waals surface area (Å²) in [5, 5.41) is 9.33. The molecule has 0 spiro atoms. The van der Waals surface area contributed by atoms with Gasteiger partial charge >= 0.3 is 0 Å². The third-order valence-corrected chi connectivity index (χ3v) is 4.87. The number of hydrogen-bond acceptors (Lipinski definition) is 5. The summed E-state index contributed by atoms with van der Waals surface area (Å²) in [4.78, 5) is 32.9. The first-order valence-corrected chi connectivity index (χ1v) is 8.87. The van der Waals surface area contributed by atoms with E-state index in [1.165, 1.54) is 10.8 Å². The molecule has 2 aromatic rings. The SMILES string of the molecule is CC(C)C(C#N)N1CCN(C(=O)Cn2c(=O)cnc3ccccc32)CC1. The molecule has 3 rings (SSSR count). The van der Waals surface area contributed by atoms with Gasteiger partial charge in [0.1, 0.15) is 12.6 Å². The van der Waals surface area contributed by atoms with Gasteiger partial charge < -0.3 is 4.90 Å². The Labute approximate surface area is 152 Å². The van der Waals surface area contributed by atoms with E-state index in [-0.39, 0.29) is 30.0 Å². The number of aromatic nitrogens is 2. The van der Waals surface area contributed by atoms with Crippen molar-refractivity contribution in [3.63, 3.8) is 0 Å². The van der Waals surface area contributed by atoms with Crippen LogP contribution in [0.2, 0.25) is 0 Å². The van der Waals surface area contributed by atoms with Crippen LogP contribution in [0.1, 0.15) is 13.8 Å². The standard InChI is InChI=1S/C19H23N5O2/c1-14(2)17(11-20)22-7-9-23(10-8-22)19(26)13-24-16-6-4-3-5-15(16)21-12-18(24)25/h3-6,12,14,17H,7-10,13H2,1-2H3. The number of carbonyl (C=O) groups is 1. The van der Waals surface area contributed by atoms with E-state index in [0.29, 0.717) is 37.2 Å². The zero-order valence-electron chi connectivity index (χ0n) is 15.1. The van der Waals surface area contributed by atoms with Crippen molar-refractivity contribution in [2.75, 3.05) is 26.2 Å².